The zero-order chi connectivity index (χ0) is 32.5. The first-order valence-electron chi connectivity index (χ1n) is 13.7. The van der Waals surface area contributed by atoms with Gasteiger partial charge in [0.05, 0.1) is 11.2 Å². The van der Waals surface area contributed by atoms with Crippen LogP contribution in [0.3, 0.4) is 0 Å². The molecule has 0 saturated carbocycles. The quantitative estimate of drug-likeness (QED) is 0.113. The van der Waals surface area contributed by atoms with E-state index in [-0.39, 0.29) is 28.5 Å². The number of hydrogen-bond donors (Lipinski definition) is 0. The molecule has 0 atom stereocenters. The van der Waals surface area contributed by atoms with E-state index in [1.807, 2.05) is 36.4 Å². The van der Waals surface area contributed by atoms with Crippen LogP contribution in [-0.4, -0.2) is 25.4 Å². The van der Waals surface area contributed by atoms with Crippen LogP contribution in [0.25, 0.3) is 0 Å². The zero-order valence-corrected chi connectivity index (χ0v) is 33.0. The molecule has 0 spiro atoms. The van der Waals surface area contributed by atoms with Gasteiger partial charge in [-0.05, 0) is 73.4 Å². The minimum Gasteiger partial charge on any atom is -0.366 e. The Hall–Kier alpha value is -1.65. The molecule has 0 saturated heterocycles. The van der Waals surface area contributed by atoms with Crippen LogP contribution in [-0.2, 0) is 19.3 Å². The molecule has 15 heteroatoms. The van der Waals surface area contributed by atoms with Gasteiger partial charge in [0.1, 0.15) is 0 Å². The van der Waals surface area contributed by atoms with Crippen molar-refractivity contribution in [2.24, 2.45) is 0 Å². The summed E-state index contributed by atoms with van der Waals surface area (Å²) in [4.78, 5) is 59.2. The second-order valence-electron chi connectivity index (χ2n) is 9.62. The van der Waals surface area contributed by atoms with Gasteiger partial charge in [-0.25, -0.2) is 14.4 Å². The number of benzene rings is 3. The Labute approximate surface area is 309 Å². The van der Waals surface area contributed by atoms with Crippen LogP contribution in [0, 0.1) is 0 Å². The Balaban J connectivity index is 1.85. The third kappa shape index (κ3) is 10.2. The molecule has 0 radical (unpaired) electrons. The van der Waals surface area contributed by atoms with Crippen molar-refractivity contribution in [1.29, 1.82) is 0 Å². The lowest BCUT2D eigenvalue weighted by Gasteiger charge is -2.17. The molecule has 0 aliphatic heterocycles. The fourth-order valence-corrected chi connectivity index (χ4v) is 5.59. The van der Waals surface area contributed by atoms with Gasteiger partial charge in [0.2, 0.25) is 0 Å². The van der Waals surface area contributed by atoms with Gasteiger partial charge in [-0.2, -0.15) is 0 Å². The van der Waals surface area contributed by atoms with Crippen LogP contribution in [0.4, 0.5) is 0 Å². The molecule has 0 unspecified atom stereocenters. The summed E-state index contributed by atoms with van der Waals surface area (Å²) in [6.45, 7) is 0. The number of hydrogen-bond acceptors (Lipinski definition) is 6. The molecule has 4 aromatic rings. The summed E-state index contributed by atoms with van der Waals surface area (Å²) < 4.78 is 1.54. The number of aromatic nitrogens is 3. The summed E-state index contributed by atoms with van der Waals surface area (Å²) in [5, 5.41) is 0. The molecule has 0 fully saturated rings. The van der Waals surface area contributed by atoms with E-state index < -0.39 is 17.1 Å². The maximum atomic E-state index is 13.8. The highest BCUT2D eigenvalue weighted by atomic mass is 79.9. The van der Waals surface area contributed by atoms with Crippen LogP contribution >= 0.6 is 95.6 Å². The lowest BCUT2D eigenvalue weighted by Crippen LogP contribution is -2.58. The average molecular weight is 1000 g/mol. The van der Waals surface area contributed by atoms with Crippen molar-refractivity contribution in [3.8, 4) is 17.2 Å². The van der Waals surface area contributed by atoms with Gasteiger partial charge in [0, 0.05) is 0 Å². The molecule has 45 heavy (non-hydrogen) atoms. The SMILES string of the molecule is O=c1n(Oc2ccccc2CCC(Br)Br)c(=O)n(Oc2ccccc2CCC(Br)Br)c(=O)n1Oc1ccccc1CCC(Br)Br. The van der Waals surface area contributed by atoms with Crippen molar-refractivity contribution in [2.75, 3.05) is 0 Å². The lowest BCUT2D eigenvalue weighted by molar-refractivity contribution is 0.0642. The predicted molar refractivity (Wildman–Crippen MR) is 197 cm³/mol. The number of nitrogens with zero attached hydrogens (tertiary/aromatic N) is 3. The summed E-state index contributed by atoms with van der Waals surface area (Å²) in [6, 6.07) is 21.1. The largest absolute Gasteiger partial charge is 0.404 e. The van der Waals surface area contributed by atoms with Gasteiger partial charge in [-0.1, -0.05) is 164 Å². The van der Waals surface area contributed by atoms with Crippen LogP contribution in [0.2, 0.25) is 0 Å². The van der Waals surface area contributed by atoms with E-state index in [0.717, 1.165) is 16.7 Å². The summed E-state index contributed by atoms with van der Waals surface area (Å²) in [5.74, 6) is 0.781. The van der Waals surface area contributed by atoms with E-state index in [2.05, 4.69) is 95.6 Å². The summed E-state index contributed by atoms with van der Waals surface area (Å²) in [5.41, 5.74) is -1.18. The minimum absolute atomic E-state index is 0.0515. The van der Waals surface area contributed by atoms with Gasteiger partial charge in [-0.3, -0.25) is 0 Å². The Morgan fingerprint density at radius 3 is 0.933 bits per heavy atom. The number of rotatable bonds is 15. The topological polar surface area (TPSA) is 93.7 Å². The van der Waals surface area contributed by atoms with Gasteiger partial charge in [0.15, 0.2) is 17.2 Å². The van der Waals surface area contributed by atoms with Crippen molar-refractivity contribution >= 4 is 95.6 Å². The smallest absolute Gasteiger partial charge is 0.366 e. The Kier molecular flexibility index (Phi) is 14.1. The van der Waals surface area contributed by atoms with Crippen molar-refractivity contribution in [1.82, 2.24) is 14.2 Å². The molecule has 0 aliphatic carbocycles. The molecule has 4 rings (SSSR count). The minimum atomic E-state index is -1.14. The maximum Gasteiger partial charge on any atom is 0.404 e. The van der Waals surface area contributed by atoms with Crippen molar-refractivity contribution in [3.63, 3.8) is 0 Å². The molecule has 0 amide bonds. The lowest BCUT2D eigenvalue weighted by atomic mass is 10.1. The summed E-state index contributed by atoms with van der Waals surface area (Å²) >= 11 is 20.8. The first kappa shape index (κ1) is 36.2. The van der Waals surface area contributed by atoms with Crippen LogP contribution in [0.15, 0.2) is 87.2 Å². The second kappa shape index (κ2) is 17.5. The van der Waals surface area contributed by atoms with Gasteiger partial charge in [0.25, 0.3) is 0 Å². The molecule has 1 aromatic heterocycles. The van der Waals surface area contributed by atoms with Crippen LogP contribution in [0.5, 0.6) is 17.2 Å². The molecule has 3 aromatic carbocycles. The molecule has 1 heterocycles. The molecular formula is C30H27Br6N3O6. The molecule has 9 nitrogen and oxygen atoms in total. The first-order chi connectivity index (χ1) is 21.5. The fourth-order valence-electron chi connectivity index (χ4n) is 4.21. The zero-order valence-electron chi connectivity index (χ0n) is 23.5. The number of aryl methyl sites for hydroxylation is 3. The number of para-hydroxylation sites is 3. The van der Waals surface area contributed by atoms with Crippen molar-refractivity contribution in [3.05, 3.63) is 121 Å². The van der Waals surface area contributed by atoms with Crippen molar-refractivity contribution in [2.45, 2.75) is 49.7 Å². The normalized spacial score (nSPS) is 11.4. The third-order valence-corrected chi connectivity index (χ3v) is 9.17. The summed E-state index contributed by atoms with van der Waals surface area (Å²) in [6.07, 6.45) is 3.80. The van der Waals surface area contributed by atoms with Crippen LogP contribution < -0.4 is 31.6 Å². The highest BCUT2D eigenvalue weighted by molar-refractivity contribution is 9.25. The van der Waals surface area contributed by atoms with E-state index in [1.165, 1.54) is 0 Å². The van der Waals surface area contributed by atoms with E-state index in [9.17, 15) is 14.4 Å². The summed E-state index contributed by atoms with van der Waals surface area (Å²) in [7, 11) is 0. The monoisotopic (exact) mass is 999 g/mol. The van der Waals surface area contributed by atoms with Gasteiger partial charge in [-0.15, -0.1) is 0 Å². The third-order valence-electron chi connectivity index (χ3n) is 6.42. The molecule has 0 aliphatic rings. The van der Waals surface area contributed by atoms with Gasteiger partial charge >= 0.3 is 17.1 Å². The Morgan fingerprint density at radius 2 is 0.689 bits per heavy atom. The maximum absolute atomic E-state index is 13.8. The number of halogens is 6. The van der Waals surface area contributed by atoms with E-state index in [4.69, 9.17) is 14.5 Å². The van der Waals surface area contributed by atoms with E-state index in [0.29, 0.717) is 52.7 Å². The average Bonchev–Trinajstić information content (AvgIpc) is 3.01. The molecule has 0 N–H and O–H groups in total. The molecular weight excluding hydrogens is 978 g/mol. The van der Waals surface area contributed by atoms with Crippen LogP contribution in [0.1, 0.15) is 36.0 Å². The Bertz CT molecular complexity index is 1540. The van der Waals surface area contributed by atoms with E-state index >= 15 is 0 Å². The van der Waals surface area contributed by atoms with Gasteiger partial charge < -0.3 is 14.5 Å². The molecule has 240 valence electrons. The fraction of sp³-hybridized carbons (Fsp3) is 0.300. The predicted octanol–water partition coefficient (Wildman–Crippen LogP) is 7.84. The van der Waals surface area contributed by atoms with E-state index in [1.54, 1.807) is 36.4 Å². The molecule has 0 bridgehead atoms. The second-order valence-corrected chi connectivity index (χ2v) is 19.9. The standard InChI is InChI=1S/C30H27Br6N3O6/c31-25(32)16-13-19-7-1-4-10-22(19)43-37-28(40)38(44-23-11-5-2-8-20(23)14-17-26(33)34)30(42)39(29(37)41)45-24-12-6-3-9-21(24)15-18-27(35)36/h1-12,25-27H,13-18H2. The number of alkyl halides is 6. The van der Waals surface area contributed by atoms with Crippen molar-refractivity contribution < 1.29 is 14.5 Å². The highest BCUT2D eigenvalue weighted by Gasteiger charge is 2.23. The highest BCUT2D eigenvalue weighted by Crippen LogP contribution is 2.26. The Morgan fingerprint density at radius 1 is 0.444 bits per heavy atom. The first-order valence-corrected chi connectivity index (χ1v) is 19.2.